The lowest BCUT2D eigenvalue weighted by molar-refractivity contribution is 0.250. The summed E-state index contributed by atoms with van der Waals surface area (Å²) in [6, 6.07) is 8.14. The summed E-state index contributed by atoms with van der Waals surface area (Å²) in [5.74, 6) is 0. The molecule has 0 aromatic heterocycles. The lowest BCUT2D eigenvalue weighted by atomic mass is 10.2. The third kappa shape index (κ3) is 5.08. The number of benzene rings is 1. The second-order valence-electron chi connectivity index (χ2n) is 4.78. The summed E-state index contributed by atoms with van der Waals surface area (Å²) in [4.78, 5) is 11.5. The van der Waals surface area contributed by atoms with E-state index in [4.69, 9.17) is 0 Å². The molecule has 3 N–H and O–H groups in total. The second-order valence-corrected chi connectivity index (χ2v) is 4.78. The van der Waals surface area contributed by atoms with E-state index in [-0.39, 0.29) is 12.1 Å². The minimum atomic E-state index is -0.173. The third-order valence-electron chi connectivity index (χ3n) is 2.59. The van der Waals surface area contributed by atoms with Gasteiger partial charge in [-0.2, -0.15) is 0 Å². The molecule has 2 amide bonds. The molecule has 0 saturated carbocycles. The van der Waals surface area contributed by atoms with Crippen molar-refractivity contribution in [1.82, 2.24) is 5.32 Å². The molecule has 0 radical (unpaired) electrons. The Kier molecular flexibility index (Phi) is 5.49. The summed E-state index contributed by atoms with van der Waals surface area (Å²) in [7, 11) is 0. The van der Waals surface area contributed by atoms with E-state index in [1.807, 2.05) is 38.1 Å². The van der Waals surface area contributed by atoms with Gasteiger partial charge in [0.15, 0.2) is 0 Å². The number of carbonyl (C=O) groups is 1. The zero-order chi connectivity index (χ0) is 13.5. The third-order valence-corrected chi connectivity index (χ3v) is 2.59. The SMILES string of the molecule is CCC(C)Nc1ccc(NC(=O)NC(C)C)cc1. The van der Waals surface area contributed by atoms with Crippen molar-refractivity contribution in [2.75, 3.05) is 10.6 Å². The Balaban J connectivity index is 2.52. The summed E-state index contributed by atoms with van der Waals surface area (Å²) in [5, 5.41) is 8.95. The van der Waals surface area contributed by atoms with Gasteiger partial charge in [-0.25, -0.2) is 4.79 Å². The minimum Gasteiger partial charge on any atom is -0.383 e. The van der Waals surface area contributed by atoms with Crippen molar-refractivity contribution < 1.29 is 4.79 Å². The summed E-state index contributed by atoms with van der Waals surface area (Å²) in [5.41, 5.74) is 1.86. The van der Waals surface area contributed by atoms with E-state index in [0.29, 0.717) is 6.04 Å². The fourth-order valence-corrected chi connectivity index (χ4v) is 1.47. The van der Waals surface area contributed by atoms with Crippen molar-refractivity contribution in [3.8, 4) is 0 Å². The monoisotopic (exact) mass is 249 g/mol. The van der Waals surface area contributed by atoms with Crippen LogP contribution in [0.5, 0.6) is 0 Å². The highest BCUT2D eigenvalue weighted by atomic mass is 16.2. The van der Waals surface area contributed by atoms with Gasteiger partial charge in [-0.05, 0) is 51.5 Å². The fourth-order valence-electron chi connectivity index (χ4n) is 1.47. The quantitative estimate of drug-likeness (QED) is 0.749. The highest BCUT2D eigenvalue weighted by molar-refractivity contribution is 5.89. The van der Waals surface area contributed by atoms with Gasteiger partial charge in [-0.15, -0.1) is 0 Å². The van der Waals surface area contributed by atoms with Gasteiger partial charge < -0.3 is 16.0 Å². The summed E-state index contributed by atoms with van der Waals surface area (Å²) in [6.07, 6.45) is 1.08. The predicted molar refractivity (Wildman–Crippen MR) is 77.1 cm³/mol. The van der Waals surface area contributed by atoms with Crippen LogP contribution in [0.25, 0.3) is 0 Å². The first-order chi connectivity index (χ1) is 8.51. The molecule has 4 heteroatoms. The zero-order valence-electron chi connectivity index (χ0n) is 11.6. The molecule has 1 atom stereocenters. The van der Waals surface area contributed by atoms with Crippen LogP contribution in [-0.4, -0.2) is 18.1 Å². The number of hydrogen-bond acceptors (Lipinski definition) is 2. The van der Waals surface area contributed by atoms with Crippen LogP contribution in [0.4, 0.5) is 16.2 Å². The van der Waals surface area contributed by atoms with E-state index in [1.54, 1.807) is 0 Å². The fraction of sp³-hybridized carbons (Fsp3) is 0.500. The molecule has 0 spiro atoms. The molecular formula is C14H23N3O. The van der Waals surface area contributed by atoms with Crippen LogP contribution in [-0.2, 0) is 0 Å². The van der Waals surface area contributed by atoms with Crippen molar-refractivity contribution in [2.45, 2.75) is 46.2 Å². The molecule has 0 aliphatic rings. The van der Waals surface area contributed by atoms with Gasteiger partial charge in [-0.3, -0.25) is 0 Å². The first-order valence-electron chi connectivity index (χ1n) is 6.45. The van der Waals surface area contributed by atoms with E-state index < -0.39 is 0 Å². The molecule has 0 aliphatic carbocycles. The van der Waals surface area contributed by atoms with Crippen LogP contribution in [0, 0.1) is 0 Å². The van der Waals surface area contributed by atoms with Crippen molar-refractivity contribution in [2.24, 2.45) is 0 Å². The number of hydrogen-bond donors (Lipinski definition) is 3. The van der Waals surface area contributed by atoms with Crippen LogP contribution in [0.3, 0.4) is 0 Å². The molecule has 0 bridgehead atoms. The standard InChI is InChI=1S/C14H23N3O/c1-5-11(4)16-12-6-8-13(9-7-12)17-14(18)15-10(2)3/h6-11,16H,5H2,1-4H3,(H2,15,17,18). The first kappa shape index (κ1) is 14.4. The Morgan fingerprint density at radius 3 is 2.17 bits per heavy atom. The number of nitrogens with one attached hydrogen (secondary N) is 3. The molecule has 100 valence electrons. The topological polar surface area (TPSA) is 53.2 Å². The van der Waals surface area contributed by atoms with Gasteiger partial charge >= 0.3 is 6.03 Å². The van der Waals surface area contributed by atoms with E-state index >= 15 is 0 Å². The maximum absolute atomic E-state index is 11.5. The van der Waals surface area contributed by atoms with Gasteiger partial charge in [0.05, 0.1) is 0 Å². The molecule has 1 rings (SSSR count). The van der Waals surface area contributed by atoms with E-state index in [1.165, 1.54) is 0 Å². The van der Waals surface area contributed by atoms with Crippen molar-refractivity contribution in [1.29, 1.82) is 0 Å². The van der Waals surface area contributed by atoms with E-state index in [9.17, 15) is 4.79 Å². The number of amides is 2. The largest absolute Gasteiger partial charge is 0.383 e. The Hall–Kier alpha value is -1.71. The predicted octanol–water partition coefficient (Wildman–Crippen LogP) is 3.43. The average molecular weight is 249 g/mol. The average Bonchev–Trinajstić information content (AvgIpc) is 2.30. The number of carbonyl (C=O) groups excluding carboxylic acids is 1. The Morgan fingerprint density at radius 2 is 1.67 bits per heavy atom. The molecule has 0 fully saturated rings. The molecule has 0 heterocycles. The zero-order valence-corrected chi connectivity index (χ0v) is 11.6. The van der Waals surface area contributed by atoms with Crippen molar-refractivity contribution in [3.05, 3.63) is 24.3 Å². The summed E-state index contributed by atoms with van der Waals surface area (Å²) in [6.45, 7) is 8.14. The summed E-state index contributed by atoms with van der Waals surface area (Å²) >= 11 is 0. The molecule has 18 heavy (non-hydrogen) atoms. The number of rotatable bonds is 5. The molecule has 1 aromatic carbocycles. The second kappa shape index (κ2) is 6.89. The van der Waals surface area contributed by atoms with Gasteiger partial charge in [-0.1, -0.05) is 6.92 Å². The van der Waals surface area contributed by atoms with Crippen LogP contribution in [0.2, 0.25) is 0 Å². The minimum absolute atomic E-state index is 0.136. The van der Waals surface area contributed by atoms with Gasteiger partial charge in [0.25, 0.3) is 0 Å². The molecule has 1 unspecified atom stereocenters. The Bertz CT molecular complexity index is 373. The van der Waals surface area contributed by atoms with Crippen molar-refractivity contribution >= 4 is 17.4 Å². The van der Waals surface area contributed by atoms with Gasteiger partial charge in [0, 0.05) is 23.5 Å². The smallest absolute Gasteiger partial charge is 0.319 e. The normalized spacial score (nSPS) is 12.1. The van der Waals surface area contributed by atoms with Gasteiger partial charge in [0.2, 0.25) is 0 Å². The van der Waals surface area contributed by atoms with Crippen LogP contribution < -0.4 is 16.0 Å². The Labute approximate surface area is 109 Å². The molecule has 0 saturated heterocycles. The Morgan fingerprint density at radius 1 is 1.11 bits per heavy atom. The maximum atomic E-state index is 11.5. The lowest BCUT2D eigenvalue weighted by Crippen LogP contribution is -2.34. The molecule has 4 nitrogen and oxygen atoms in total. The van der Waals surface area contributed by atoms with E-state index in [2.05, 4.69) is 29.8 Å². The van der Waals surface area contributed by atoms with Gasteiger partial charge in [0.1, 0.15) is 0 Å². The number of urea groups is 1. The molecule has 0 aliphatic heterocycles. The number of anilines is 2. The first-order valence-corrected chi connectivity index (χ1v) is 6.45. The lowest BCUT2D eigenvalue weighted by Gasteiger charge is -2.14. The van der Waals surface area contributed by atoms with Crippen LogP contribution in [0.1, 0.15) is 34.1 Å². The van der Waals surface area contributed by atoms with E-state index in [0.717, 1.165) is 17.8 Å². The van der Waals surface area contributed by atoms with Crippen LogP contribution >= 0.6 is 0 Å². The summed E-state index contributed by atoms with van der Waals surface area (Å²) < 4.78 is 0. The molecule has 1 aromatic rings. The maximum Gasteiger partial charge on any atom is 0.319 e. The highest BCUT2D eigenvalue weighted by Gasteiger charge is 2.03. The molecular weight excluding hydrogens is 226 g/mol. The highest BCUT2D eigenvalue weighted by Crippen LogP contribution is 2.14. The van der Waals surface area contributed by atoms with Crippen LogP contribution in [0.15, 0.2) is 24.3 Å². The van der Waals surface area contributed by atoms with Crippen molar-refractivity contribution in [3.63, 3.8) is 0 Å².